The van der Waals surface area contributed by atoms with Crippen molar-refractivity contribution in [3.63, 3.8) is 0 Å². The maximum absolute atomic E-state index is 13.0. The molecular formula is C35H42N4O4S. The minimum atomic E-state index is -0.544. The fourth-order valence-electron chi connectivity index (χ4n) is 8.35. The van der Waals surface area contributed by atoms with Crippen molar-refractivity contribution < 1.29 is 19.4 Å². The van der Waals surface area contributed by atoms with Gasteiger partial charge in [-0.3, -0.25) is 0 Å². The van der Waals surface area contributed by atoms with Crippen LogP contribution in [-0.4, -0.2) is 38.5 Å². The lowest BCUT2D eigenvalue weighted by Crippen LogP contribution is -2.61. The van der Waals surface area contributed by atoms with Crippen molar-refractivity contribution >= 4 is 17.8 Å². The predicted octanol–water partition coefficient (Wildman–Crippen LogP) is 6.32. The monoisotopic (exact) mass is 614 g/mol. The minimum Gasteiger partial charge on any atom is -0.392 e. The topological polar surface area (TPSA) is 106 Å². The molecule has 0 unspecified atom stereocenters. The first-order chi connectivity index (χ1) is 21.4. The molecule has 2 heterocycles. The number of carbonyl (C=O) groups excluding carboxylic acids is 1. The number of rotatable bonds is 9. The van der Waals surface area contributed by atoms with Crippen LogP contribution in [-0.2, 0) is 22.6 Å². The number of aliphatic hydroxyl groups is 1. The second-order valence-corrected chi connectivity index (χ2v) is 14.4. The van der Waals surface area contributed by atoms with E-state index in [1.807, 2.05) is 54.6 Å². The minimum absolute atomic E-state index is 0.00586. The van der Waals surface area contributed by atoms with Gasteiger partial charge in [0.2, 0.25) is 0 Å². The summed E-state index contributed by atoms with van der Waals surface area (Å²) in [5.74, 6) is 3.16. The smallest absolute Gasteiger partial charge is 0.315 e. The third kappa shape index (κ3) is 6.52. The van der Waals surface area contributed by atoms with Crippen LogP contribution in [0.1, 0.15) is 80.1 Å². The van der Waals surface area contributed by atoms with E-state index in [0.717, 1.165) is 64.4 Å². The van der Waals surface area contributed by atoms with E-state index in [4.69, 9.17) is 9.47 Å². The summed E-state index contributed by atoms with van der Waals surface area (Å²) in [6.07, 6.45) is 10.2. The highest BCUT2D eigenvalue weighted by Gasteiger charge is 2.51. The van der Waals surface area contributed by atoms with Crippen LogP contribution in [0.5, 0.6) is 0 Å². The van der Waals surface area contributed by atoms with Gasteiger partial charge in [-0.25, -0.2) is 14.8 Å². The summed E-state index contributed by atoms with van der Waals surface area (Å²) in [6, 6.07) is 17.9. The Hall–Kier alpha value is -2.98. The van der Waals surface area contributed by atoms with Crippen LogP contribution >= 0.6 is 11.8 Å². The number of aromatic nitrogens is 2. The molecule has 2 amide bonds. The van der Waals surface area contributed by atoms with Gasteiger partial charge in [-0.1, -0.05) is 67.2 Å². The predicted molar refractivity (Wildman–Crippen MR) is 168 cm³/mol. The van der Waals surface area contributed by atoms with Crippen LogP contribution < -0.4 is 10.6 Å². The zero-order valence-corrected chi connectivity index (χ0v) is 26.0. The summed E-state index contributed by atoms with van der Waals surface area (Å²) in [5.41, 5.74) is 3.89. The second kappa shape index (κ2) is 12.8. The van der Waals surface area contributed by atoms with Gasteiger partial charge in [-0.15, -0.1) is 0 Å². The van der Waals surface area contributed by atoms with E-state index >= 15 is 0 Å². The zero-order valence-electron chi connectivity index (χ0n) is 25.2. The van der Waals surface area contributed by atoms with Crippen molar-refractivity contribution in [3.05, 3.63) is 89.2 Å². The molecule has 8 nitrogen and oxygen atoms in total. The van der Waals surface area contributed by atoms with E-state index in [0.29, 0.717) is 12.3 Å². The molecule has 1 aromatic heterocycles. The van der Waals surface area contributed by atoms with Gasteiger partial charge in [0.25, 0.3) is 0 Å². The first-order valence-corrected chi connectivity index (χ1v) is 17.0. The quantitative estimate of drug-likeness (QED) is 0.191. The zero-order chi connectivity index (χ0) is 30.1. The molecule has 4 bridgehead atoms. The third-order valence-electron chi connectivity index (χ3n) is 10.2. The maximum Gasteiger partial charge on any atom is 0.315 e. The summed E-state index contributed by atoms with van der Waals surface area (Å²) < 4.78 is 13.2. The molecule has 8 rings (SSSR count). The average Bonchev–Trinajstić information content (AvgIpc) is 3.03. The molecule has 0 spiro atoms. The number of ether oxygens (including phenoxy) is 2. The Morgan fingerprint density at radius 3 is 2.16 bits per heavy atom. The highest BCUT2D eigenvalue weighted by Crippen LogP contribution is 2.55. The van der Waals surface area contributed by atoms with E-state index in [1.165, 1.54) is 19.3 Å². The van der Waals surface area contributed by atoms with Crippen molar-refractivity contribution in [1.82, 2.24) is 20.6 Å². The van der Waals surface area contributed by atoms with E-state index < -0.39 is 6.29 Å². The number of thioether (sulfide) groups is 1. The van der Waals surface area contributed by atoms with Gasteiger partial charge in [0.05, 0.1) is 18.8 Å². The maximum atomic E-state index is 13.0. The van der Waals surface area contributed by atoms with Crippen LogP contribution in [0.2, 0.25) is 0 Å². The number of benzene rings is 2. The molecule has 232 valence electrons. The number of amides is 2. The first kappa shape index (κ1) is 29.7. The number of carbonyl (C=O) groups is 1. The molecule has 1 saturated heterocycles. The summed E-state index contributed by atoms with van der Waals surface area (Å²) >= 11 is 1.58. The molecular weight excluding hydrogens is 572 g/mol. The fraction of sp³-hybridized carbons (Fsp3) is 0.514. The molecule has 0 radical (unpaired) electrons. The van der Waals surface area contributed by atoms with Gasteiger partial charge in [-0.2, -0.15) is 0 Å². The number of hydrogen-bond acceptors (Lipinski definition) is 7. The highest BCUT2D eigenvalue weighted by atomic mass is 32.2. The summed E-state index contributed by atoms with van der Waals surface area (Å²) in [6.45, 7) is 2.63. The molecule has 2 aromatic carbocycles. The number of urea groups is 1. The normalized spacial score (nSPS) is 32.4. The number of hydrogen-bond donors (Lipinski definition) is 3. The van der Waals surface area contributed by atoms with E-state index in [1.54, 1.807) is 24.2 Å². The Labute approximate surface area is 263 Å². The van der Waals surface area contributed by atoms with Crippen molar-refractivity contribution in [3.8, 4) is 0 Å². The van der Waals surface area contributed by atoms with Crippen molar-refractivity contribution in [1.29, 1.82) is 0 Å². The number of nitrogens with zero attached hydrogens (tertiary/aromatic N) is 2. The van der Waals surface area contributed by atoms with Gasteiger partial charge < -0.3 is 25.2 Å². The summed E-state index contributed by atoms with van der Waals surface area (Å²) in [7, 11) is 0. The Balaban J connectivity index is 1.00. The fourth-order valence-corrected chi connectivity index (χ4v) is 9.32. The molecule has 9 heteroatoms. The Morgan fingerprint density at radius 2 is 1.52 bits per heavy atom. The molecule has 1 aliphatic heterocycles. The van der Waals surface area contributed by atoms with E-state index in [2.05, 4.69) is 27.5 Å². The largest absolute Gasteiger partial charge is 0.392 e. The third-order valence-corrected chi connectivity index (χ3v) is 11.1. The molecule has 44 heavy (non-hydrogen) atoms. The van der Waals surface area contributed by atoms with Gasteiger partial charge in [0.15, 0.2) is 11.4 Å². The highest BCUT2D eigenvalue weighted by molar-refractivity contribution is 7.99. The number of aliphatic hydroxyl groups excluding tert-OH is 1. The average molecular weight is 615 g/mol. The van der Waals surface area contributed by atoms with Crippen LogP contribution in [0.15, 0.2) is 72.1 Å². The van der Waals surface area contributed by atoms with Crippen molar-refractivity contribution in [2.45, 2.75) is 87.8 Å². The van der Waals surface area contributed by atoms with Gasteiger partial charge in [0, 0.05) is 41.7 Å². The van der Waals surface area contributed by atoms with E-state index in [9.17, 15) is 9.90 Å². The van der Waals surface area contributed by atoms with Crippen LogP contribution in [0.25, 0.3) is 0 Å². The SMILES string of the molecule is C[C@H]1[C@@H](CSc2ncccn2)O[C@@H](c2ccc(CNC(=O)NC34CC5CC(CC(C5)C3)C4)cc2)O[C@H]1c1ccc(CO)cc1. The Morgan fingerprint density at radius 1 is 0.909 bits per heavy atom. The lowest BCUT2D eigenvalue weighted by atomic mass is 9.53. The molecule has 3 aromatic rings. The number of nitrogens with one attached hydrogen (secondary N) is 2. The lowest BCUT2D eigenvalue weighted by molar-refractivity contribution is -0.268. The summed E-state index contributed by atoms with van der Waals surface area (Å²) in [4.78, 5) is 21.7. The van der Waals surface area contributed by atoms with Gasteiger partial charge in [-0.05, 0) is 79.0 Å². The Kier molecular flexibility index (Phi) is 8.64. The van der Waals surface area contributed by atoms with Gasteiger partial charge >= 0.3 is 6.03 Å². The van der Waals surface area contributed by atoms with Crippen LogP contribution in [0, 0.1) is 23.7 Å². The molecule has 4 saturated carbocycles. The second-order valence-electron chi connectivity index (χ2n) is 13.4. The van der Waals surface area contributed by atoms with Gasteiger partial charge in [0.1, 0.15) is 0 Å². The molecule has 4 atom stereocenters. The molecule has 4 aliphatic carbocycles. The Bertz CT molecular complexity index is 1390. The van der Waals surface area contributed by atoms with E-state index in [-0.39, 0.29) is 36.3 Å². The molecule has 5 fully saturated rings. The summed E-state index contributed by atoms with van der Waals surface area (Å²) in [5, 5.41) is 16.8. The van der Waals surface area contributed by atoms with Crippen molar-refractivity contribution in [2.24, 2.45) is 23.7 Å². The molecule has 3 N–H and O–H groups in total. The van der Waals surface area contributed by atoms with Crippen LogP contribution in [0.3, 0.4) is 0 Å². The molecule has 5 aliphatic rings. The first-order valence-electron chi connectivity index (χ1n) is 16.0. The standard InChI is InChI=1S/C35H42N4O4S/c1-22-30(21-44-34-36-11-2-12-37-34)42-32(43-31(22)28-7-5-24(20-40)6-8-28)29-9-3-23(4-10-29)19-38-33(41)39-35-16-25-13-26(17-35)15-27(14-25)18-35/h2-12,22,25-27,30-32,40H,13-21H2,1H3,(H2,38,39,41)/t22-,25?,26?,27?,30+,31+,32+,35?/m0/s1. The lowest BCUT2D eigenvalue weighted by Gasteiger charge is -2.56. The van der Waals surface area contributed by atoms with Crippen molar-refractivity contribution in [2.75, 3.05) is 5.75 Å². The van der Waals surface area contributed by atoms with Crippen LogP contribution in [0.4, 0.5) is 4.79 Å².